The lowest BCUT2D eigenvalue weighted by Crippen LogP contribution is -2.38. The molecule has 0 atom stereocenters. The third kappa shape index (κ3) is 4.17. The second-order valence-corrected chi connectivity index (χ2v) is 9.02. The van der Waals surface area contributed by atoms with Gasteiger partial charge in [-0.05, 0) is 56.7 Å². The van der Waals surface area contributed by atoms with Crippen LogP contribution in [-0.4, -0.2) is 47.7 Å². The number of benzene rings is 1. The van der Waals surface area contributed by atoms with Crippen molar-refractivity contribution < 1.29 is 13.9 Å². The fourth-order valence-electron chi connectivity index (χ4n) is 4.83. The molecule has 0 spiro atoms. The van der Waals surface area contributed by atoms with Crippen LogP contribution in [-0.2, 0) is 6.54 Å². The molecule has 9 heteroatoms. The van der Waals surface area contributed by atoms with Gasteiger partial charge in [0.2, 0.25) is 5.95 Å². The summed E-state index contributed by atoms with van der Waals surface area (Å²) in [4.78, 5) is 16.8. The van der Waals surface area contributed by atoms with Crippen LogP contribution >= 0.6 is 0 Å². The van der Waals surface area contributed by atoms with Crippen molar-refractivity contribution in [3.63, 3.8) is 0 Å². The summed E-state index contributed by atoms with van der Waals surface area (Å²) in [5.41, 5.74) is 3.35. The number of hydrogen-bond acceptors (Lipinski definition) is 5. The maximum absolute atomic E-state index is 13.1. The van der Waals surface area contributed by atoms with E-state index >= 15 is 0 Å². The number of halogens is 2. The Labute approximate surface area is 190 Å². The van der Waals surface area contributed by atoms with Gasteiger partial charge in [0.1, 0.15) is 11.5 Å². The molecule has 1 aromatic carbocycles. The van der Waals surface area contributed by atoms with Crippen LogP contribution in [0.25, 0.3) is 33.2 Å². The zero-order chi connectivity index (χ0) is 23.2. The molecule has 174 valence electrons. The van der Waals surface area contributed by atoms with Crippen LogP contribution in [0.1, 0.15) is 44.9 Å². The van der Waals surface area contributed by atoms with Crippen LogP contribution in [0.3, 0.4) is 0 Å². The monoisotopic (exact) mass is 454 g/mol. The van der Waals surface area contributed by atoms with Crippen molar-refractivity contribution in [2.75, 3.05) is 5.32 Å². The molecule has 0 amide bonds. The van der Waals surface area contributed by atoms with Crippen molar-refractivity contribution in [2.45, 2.75) is 70.6 Å². The Morgan fingerprint density at radius 1 is 1.27 bits per heavy atom. The summed E-state index contributed by atoms with van der Waals surface area (Å²) in [6, 6.07) is 5.93. The van der Waals surface area contributed by atoms with Gasteiger partial charge >= 0.3 is 0 Å². The molecule has 3 N–H and O–H groups in total. The van der Waals surface area contributed by atoms with Gasteiger partial charge in [0.25, 0.3) is 6.43 Å². The van der Waals surface area contributed by atoms with E-state index in [9.17, 15) is 13.9 Å². The number of H-pyrrole nitrogens is 1. The van der Waals surface area contributed by atoms with Crippen LogP contribution in [0.4, 0.5) is 14.7 Å². The normalized spacial score (nSPS) is 21.3. The van der Waals surface area contributed by atoms with Crippen molar-refractivity contribution in [1.82, 2.24) is 24.5 Å². The smallest absolute Gasteiger partial charge is 0.256 e. The van der Waals surface area contributed by atoms with Crippen molar-refractivity contribution in [1.29, 1.82) is 0 Å². The zero-order valence-corrected chi connectivity index (χ0v) is 18.8. The highest BCUT2D eigenvalue weighted by Gasteiger charge is 2.31. The quantitative estimate of drug-likeness (QED) is 0.380. The molecule has 0 radical (unpaired) electrons. The molecule has 3 heterocycles. The van der Waals surface area contributed by atoms with Crippen molar-refractivity contribution >= 4 is 28.0 Å². The number of anilines is 1. The van der Waals surface area contributed by atoms with E-state index in [1.165, 1.54) is 0 Å². The maximum Gasteiger partial charge on any atom is 0.256 e. The molecular weight excluding hydrogens is 426 g/mol. The second kappa shape index (κ2) is 8.37. The number of rotatable bonds is 6. The second-order valence-electron chi connectivity index (χ2n) is 9.02. The van der Waals surface area contributed by atoms with Gasteiger partial charge in [-0.15, -0.1) is 0 Å². The minimum absolute atomic E-state index is 0.240. The first-order valence-electron chi connectivity index (χ1n) is 11.4. The van der Waals surface area contributed by atoms with Crippen LogP contribution in [0, 0.1) is 6.92 Å². The van der Waals surface area contributed by atoms with Gasteiger partial charge in [-0.2, -0.15) is 4.98 Å². The average molecular weight is 455 g/mol. The van der Waals surface area contributed by atoms with Gasteiger partial charge in [-0.1, -0.05) is 13.0 Å². The molecule has 1 saturated carbocycles. The fourth-order valence-corrected chi connectivity index (χ4v) is 4.83. The van der Waals surface area contributed by atoms with Crippen LogP contribution in [0.2, 0.25) is 0 Å². The van der Waals surface area contributed by atoms with E-state index in [2.05, 4.69) is 25.3 Å². The Morgan fingerprint density at radius 3 is 2.79 bits per heavy atom. The Bertz CT molecular complexity index is 1290. The molecule has 1 aliphatic carbocycles. The van der Waals surface area contributed by atoms with E-state index in [1.54, 1.807) is 17.7 Å². The molecule has 1 aliphatic rings. The Kier molecular flexibility index (Phi) is 5.52. The van der Waals surface area contributed by atoms with E-state index in [0.717, 1.165) is 48.6 Å². The number of nitrogens with zero attached hydrogens (tertiary/aromatic N) is 4. The van der Waals surface area contributed by atoms with Crippen LogP contribution in [0.5, 0.6) is 0 Å². The van der Waals surface area contributed by atoms with Gasteiger partial charge < -0.3 is 20.0 Å². The van der Waals surface area contributed by atoms with E-state index in [-0.39, 0.29) is 12.6 Å². The highest BCUT2D eigenvalue weighted by molar-refractivity contribution is 5.95. The van der Waals surface area contributed by atoms with Crippen LogP contribution in [0.15, 0.2) is 30.6 Å². The largest absolute Gasteiger partial charge is 0.390 e. The van der Waals surface area contributed by atoms with E-state index in [0.29, 0.717) is 28.5 Å². The highest BCUT2D eigenvalue weighted by atomic mass is 19.3. The van der Waals surface area contributed by atoms with Crippen molar-refractivity contribution in [3.8, 4) is 11.1 Å². The summed E-state index contributed by atoms with van der Waals surface area (Å²) < 4.78 is 27.7. The number of hydrogen-bond donors (Lipinski definition) is 3. The van der Waals surface area contributed by atoms with Gasteiger partial charge in [-0.3, -0.25) is 0 Å². The van der Waals surface area contributed by atoms with Crippen molar-refractivity contribution in [2.24, 2.45) is 0 Å². The molecule has 4 aromatic rings. The van der Waals surface area contributed by atoms with E-state index in [1.807, 2.05) is 31.3 Å². The first-order valence-corrected chi connectivity index (χ1v) is 11.4. The number of imidazole rings is 1. The third-order valence-electron chi connectivity index (χ3n) is 6.91. The van der Waals surface area contributed by atoms with E-state index in [4.69, 9.17) is 0 Å². The Balaban J connectivity index is 1.40. The standard InChI is InChI=1S/C24H28F2N6O/c1-3-24(33)8-6-16(7-9-24)30-23-28-12-18-17(11-27-22(18)31-23)15-4-5-19-20(10-15)32(13-21(25)26)14(2)29-19/h4-5,10-12,16,21,33H,3,6-9,13H2,1-2H3,(H2,27,28,30,31). The summed E-state index contributed by atoms with van der Waals surface area (Å²) in [6.45, 7) is 3.39. The maximum atomic E-state index is 13.1. The fraction of sp³-hybridized carbons (Fsp3) is 0.458. The number of nitrogens with one attached hydrogen (secondary N) is 2. The van der Waals surface area contributed by atoms with Gasteiger partial charge in [0.05, 0.1) is 23.2 Å². The number of alkyl halides is 2. The molecule has 3 aromatic heterocycles. The zero-order valence-electron chi connectivity index (χ0n) is 18.8. The SMILES string of the molecule is CCC1(O)CCC(Nc2ncc3c(-c4ccc5nc(C)n(CC(F)F)c5c4)c[nH]c3n2)CC1. The molecule has 0 bridgehead atoms. The first kappa shape index (κ1) is 21.8. The lowest BCUT2D eigenvalue weighted by Gasteiger charge is -2.35. The number of fused-ring (bicyclic) bond motifs is 2. The topological polar surface area (TPSA) is 91.6 Å². The first-order chi connectivity index (χ1) is 15.8. The van der Waals surface area contributed by atoms with Crippen LogP contribution < -0.4 is 5.32 Å². The summed E-state index contributed by atoms with van der Waals surface area (Å²) in [5.74, 6) is 1.13. The minimum atomic E-state index is -2.45. The van der Waals surface area contributed by atoms with Gasteiger partial charge in [0, 0.05) is 29.4 Å². The summed E-state index contributed by atoms with van der Waals surface area (Å²) in [6.07, 6.45) is 5.31. The number of aromatic nitrogens is 5. The average Bonchev–Trinajstić information content (AvgIpc) is 3.35. The summed E-state index contributed by atoms with van der Waals surface area (Å²) in [5, 5.41) is 14.7. The lowest BCUT2D eigenvalue weighted by atomic mass is 9.80. The van der Waals surface area contributed by atoms with Gasteiger partial charge in [0.15, 0.2) is 0 Å². The highest BCUT2D eigenvalue weighted by Crippen LogP contribution is 2.33. The third-order valence-corrected chi connectivity index (χ3v) is 6.91. The predicted octanol–water partition coefficient (Wildman–Crippen LogP) is 5.04. The molecule has 5 rings (SSSR count). The Hall–Kier alpha value is -3.07. The van der Waals surface area contributed by atoms with E-state index < -0.39 is 12.0 Å². The molecule has 0 aliphatic heterocycles. The molecule has 0 saturated heterocycles. The van der Waals surface area contributed by atoms with Crippen molar-refractivity contribution in [3.05, 3.63) is 36.4 Å². The summed E-state index contributed by atoms with van der Waals surface area (Å²) in [7, 11) is 0. The predicted molar refractivity (Wildman–Crippen MR) is 124 cm³/mol. The summed E-state index contributed by atoms with van der Waals surface area (Å²) >= 11 is 0. The molecule has 33 heavy (non-hydrogen) atoms. The number of aromatic amines is 1. The number of aryl methyl sites for hydroxylation is 1. The lowest BCUT2D eigenvalue weighted by molar-refractivity contribution is -0.00198. The molecular formula is C24H28F2N6O. The number of aliphatic hydroxyl groups is 1. The Morgan fingerprint density at radius 2 is 2.06 bits per heavy atom. The molecule has 0 unspecified atom stereocenters. The molecule has 1 fully saturated rings. The minimum Gasteiger partial charge on any atom is -0.390 e. The van der Waals surface area contributed by atoms with Gasteiger partial charge in [-0.25, -0.2) is 18.7 Å². The molecule has 7 nitrogen and oxygen atoms in total.